The lowest BCUT2D eigenvalue weighted by molar-refractivity contribution is 0.475. The third-order valence-electron chi connectivity index (χ3n) is 2.98. The maximum absolute atomic E-state index is 9.33. The molecule has 0 amide bonds. The largest absolute Gasteiger partial charge is 0.508 e. The molecule has 0 aliphatic heterocycles. The van der Waals surface area contributed by atoms with Crippen LogP contribution >= 0.6 is 11.8 Å². The number of thioether (sulfide) groups is 1. The highest BCUT2D eigenvalue weighted by molar-refractivity contribution is 7.98. The van der Waals surface area contributed by atoms with E-state index >= 15 is 0 Å². The zero-order valence-corrected chi connectivity index (χ0v) is 12.4. The minimum atomic E-state index is 0.214. The first-order chi connectivity index (χ1) is 10.1. The highest BCUT2D eigenvalue weighted by atomic mass is 32.2. The molecule has 0 spiro atoms. The molecule has 8 heteroatoms. The van der Waals surface area contributed by atoms with Crippen molar-refractivity contribution >= 4 is 11.8 Å². The van der Waals surface area contributed by atoms with Gasteiger partial charge in [0, 0.05) is 18.5 Å². The van der Waals surface area contributed by atoms with Gasteiger partial charge in [0.2, 0.25) is 5.16 Å². The third kappa shape index (κ3) is 2.89. The van der Waals surface area contributed by atoms with Gasteiger partial charge in [0.25, 0.3) is 0 Å². The molecule has 0 radical (unpaired) electrons. The summed E-state index contributed by atoms with van der Waals surface area (Å²) in [7, 11) is 1.92. The van der Waals surface area contributed by atoms with Crippen LogP contribution in [0, 0.1) is 6.92 Å². The summed E-state index contributed by atoms with van der Waals surface area (Å²) in [4.78, 5) is 0. The van der Waals surface area contributed by atoms with E-state index in [0.717, 1.165) is 22.8 Å². The monoisotopic (exact) mass is 302 g/mol. The van der Waals surface area contributed by atoms with Gasteiger partial charge in [-0.05, 0) is 47.7 Å². The molecule has 0 atom stereocenters. The molecule has 0 unspecified atom stereocenters. The maximum atomic E-state index is 9.33. The van der Waals surface area contributed by atoms with E-state index in [-0.39, 0.29) is 5.75 Å². The van der Waals surface area contributed by atoms with Crippen molar-refractivity contribution in [2.24, 2.45) is 7.05 Å². The first-order valence-electron chi connectivity index (χ1n) is 6.33. The fraction of sp³-hybridized carbons (Fsp3) is 0.231. The lowest BCUT2D eigenvalue weighted by Crippen LogP contribution is -2.00. The van der Waals surface area contributed by atoms with Crippen molar-refractivity contribution in [3.63, 3.8) is 0 Å². The van der Waals surface area contributed by atoms with Crippen LogP contribution in [-0.4, -0.2) is 35.1 Å². The van der Waals surface area contributed by atoms with Crippen molar-refractivity contribution in [1.82, 2.24) is 30.0 Å². The van der Waals surface area contributed by atoms with Gasteiger partial charge in [-0.25, -0.2) is 0 Å². The van der Waals surface area contributed by atoms with Gasteiger partial charge < -0.3 is 5.11 Å². The van der Waals surface area contributed by atoms with Crippen LogP contribution in [-0.2, 0) is 12.8 Å². The Hall–Kier alpha value is -2.35. The van der Waals surface area contributed by atoms with Crippen LogP contribution in [0.3, 0.4) is 0 Å². The Balaban J connectivity index is 1.79. The number of phenols is 1. The third-order valence-corrected chi connectivity index (χ3v) is 3.94. The highest BCUT2D eigenvalue weighted by Crippen LogP contribution is 2.23. The van der Waals surface area contributed by atoms with Crippen LogP contribution in [0.5, 0.6) is 5.75 Å². The Kier molecular flexibility index (Phi) is 3.61. The first-order valence-corrected chi connectivity index (χ1v) is 7.32. The molecule has 3 rings (SSSR count). The van der Waals surface area contributed by atoms with E-state index in [0.29, 0.717) is 5.16 Å². The van der Waals surface area contributed by atoms with E-state index in [9.17, 15) is 5.11 Å². The summed E-state index contributed by atoms with van der Waals surface area (Å²) in [6.07, 6.45) is 0. The number of nitrogens with zero attached hydrogens (tertiary/aromatic N) is 6. The summed E-state index contributed by atoms with van der Waals surface area (Å²) < 4.78 is 3.50. The van der Waals surface area contributed by atoms with Crippen molar-refractivity contribution < 1.29 is 5.11 Å². The van der Waals surface area contributed by atoms with Crippen LogP contribution in [0.2, 0.25) is 0 Å². The van der Waals surface area contributed by atoms with Crippen LogP contribution in [0.25, 0.3) is 5.69 Å². The average Bonchev–Trinajstić information content (AvgIpc) is 3.04. The van der Waals surface area contributed by atoms with E-state index in [4.69, 9.17) is 0 Å². The summed E-state index contributed by atoms with van der Waals surface area (Å²) in [5.74, 6) is 0.946. The Morgan fingerprint density at radius 3 is 2.67 bits per heavy atom. The van der Waals surface area contributed by atoms with Gasteiger partial charge in [-0.2, -0.15) is 9.78 Å². The lowest BCUT2D eigenvalue weighted by Gasteiger charge is -2.04. The number of aromatic nitrogens is 6. The van der Waals surface area contributed by atoms with Gasteiger partial charge >= 0.3 is 0 Å². The SMILES string of the molecule is Cc1cc(CSc2nnnn2-c2ccc(O)cc2)n(C)n1. The van der Waals surface area contributed by atoms with Crippen molar-refractivity contribution in [3.05, 3.63) is 41.7 Å². The molecule has 1 aromatic carbocycles. The lowest BCUT2D eigenvalue weighted by atomic mass is 10.3. The van der Waals surface area contributed by atoms with Gasteiger partial charge in [0.15, 0.2) is 0 Å². The fourth-order valence-electron chi connectivity index (χ4n) is 1.96. The number of rotatable bonds is 4. The smallest absolute Gasteiger partial charge is 0.214 e. The summed E-state index contributed by atoms with van der Waals surface area (Å²) in [6, 6.07) is 8.79. The van der Waals surface area contributed by atoms with Crippen LogP contribution in [0.15, 0.2) is 35.5 Å². The quantitative estimate of drug-likeness (QED) is 0.739. The average molecular weight is 302 g/mol. The Morgan fingerprint density at radius 2 is 2.00 bits per heavy atom. The van der Waals surface area contributed by atoms with E-state index in [1.165, 1.54) is 11.8 Å². The van der Waals surface area contributed by atoms with E-state index in [2.05, 4.69) is 20.6 Å². The summed E-state index contributed by atoms with van der Waals surface area (Å²) in [6.45, 7) is 1.97. The number of aryl methyl sites for hydroxylation is 2. The van der Waals surface area contributed by atoms with Gasteiger partial charge in [0.1, 0.15) is 5.75 Å². The molecule has 0 aliphatic carbocycles. The summed E-state index contributed by atoms with van der Waals surface area (Å²) >= 11 is 1.54. The van der Waals surface area contributed by atoms with Crippen LogP contribution < -0.4 is 0 Å². The van der Waals surface area contributed by atoms with Crippen LogP contribution in [0.4, 0.5) is 0 Å². The number of tetrazole rings is 1. The summed E-state index contributed by atoms with van der Waals surface area (Å²) in [5, 5.41) is 26.1. The minimum Gasteiger partial charge on any atom is -0.508 e. The number of benzene rings is 1. The number of hydrogen-bond donors (Lipinski definition) is 1. The highest BCUT2D eigenvalue weighted by Gasteiger charge is 2.11. The zero-order chi connectivity index (χ0) is 14.8. The number of phenolic OH excluding ortho intramolecular Hbond substituents is 1. The Bertz CT molecular complexity index is 748. The van der Waals surface area contributed by atoms with Crippen LogP contribution in [0.1, 0.15) is 11.4 Å². The van der Waals surface area contributed by atoms with Gasteiger partial charge in [-0.1, -0.05) is 11.8 Å². The second-order valence-corrected chi connectivity index (χ2v) is 5.52. The topological polar surface area (TPSA) is 81.6 Å². The molecular weight excluding hydrogens is 288 g/mol. The molecule has 0 aliphatic rings. The van der Waals surface area contributed by atoms with Gasteiger partial charge in [0.05, 0.1) is 11.4 Å². The molecule has 1 N–H and O–H groups in total. The Morgan fingerprint density at radius 1 is 1.24 bits per heavy atom. The van der Waals surface area contributed by atoms with Gasteiger partial charge in [-0.15, -0.1) is 5.10 Å². The number of hydrogen-bond acceptors (Lipinski definition) is 6. The second-order valence-electron chi connectivity index (χ2n) is 4.58. The second kappa shape index (κ2) is 5.57. The van der Waals surface area contributed by atoms with Crippen molar-refractivity contribution in [2.45, 2.75) is 17.8 Å². The molecule has 3 aromatic rings. The Labute approximate surface area is 125 Å². The molecule has 108 valence electrons. The molecule has 7 nitrogen and oxygen atoms in total. The normalized spacial score (nSPS) is 11.0. The predicted octanol–water partition coefficient (Wildman–Crippen LogP) is 1.70. The maximum Gasteiger partial charge on any atom is 0.214 e. The summed E-state index contributed by atoms with van der Waals surface area (Å²) in [5.41, 5.74) is 2.91. The molecule has 2 aromatic heterocycles. The van der Waals surface area contributed by atoms with Crippen molar-refractivity contribution in [3.8, 4) is 11.4 Å². The molecule has 0 saturated carbocycles. The van der Waals surface area contributed by atoms with E-state index in [1.54, 1.807) is 28.9 Å². The van der Waals surface area contributed by atoms with Crippen molar-refractivity contribution in [2.75, 3.05) is 0 Å². The molecule has 21 heavy (non-hydrogen) atoms. The zero-order valence-electron chi connectivity index (χ0n) is 11.6. The predicted molar refractivity (Wildman–Crippen MR) is 78.3 cm³/mol. The fourth-order valence-corrected chi connectivity index (χ4v) is 2.87. The molecule has 0 saturated heterocycles. The first kappa shape index (κ1) is 13.6. The molecule has 2 heterocycles. The number of aromatic hydroxyl groups is 1. The van der Waals surface area contributed by atoms with Crippen molar-refractivity contribution in [1.29, 1.82) is 0 Å². The molecule has 0 fully saturated rings. The molecule has 0 bridgehead atoms. The van der Waals surface area contributed by atoms with E-state index < -0.39 is 0 Å². The molecular formula is C13H14N6OS. The van der Waals surface area contributed by atoms with E-state index in [1.807, 2.05) is 24.7 Å². The minimum absolute atomic E-state index is 0.214. The standard InChI is InChI=1S/C13H14N6OS/c1-9-7-11(18(2)15-9)8-21-13-14-16-17-19(13)10-3-5-12(20)6-4-10/h3-7,20H,8H2,1-2H3. The van der Waals surface area contributed by atoms with Gasteiger partial charge in [-0.3, -0.25) is 4.68 Å².